The first kappa shape index (κ1) is 29.2. The summed E-state index contributed by atoms with van der Waals surface area (Å²) in [5, 5.41) is 3.17. The van der Waals surface area contributed by atoms with Crippen molar-refractivity contribution < 1.29 is 22.7 Å². The Balaban J connectivity index is 1.38. The number of ether oxygens (including phenoxy) is 2. The lowest BCUT2D eigenvalue weighted by Gasteiger charge is -2.44. The van der Waals surface area contributed by atoms with Gasteiger partial charge in [-0.1, -0.05) is 48.5 Å². The van der Waals surface area contributed by atoms with E-state index in [4.69, 9.17) is 9.47 Å². The van der Waals surface area contributed by atoms with E-state index in [1.807, 2.05) is 42.5 Å². The minimum absolute atomic E-state index is 0.176. The van der Waals surface area contributed by atoms with Gasteiger partial charge in [-0.25, -0.2) is 0 Å². The predicted molar refractivity (Wildman–Crippen MR) is 157 cm³/mol. The third kappa shape index (κ3) is 6.62. The number of carbonyl (C=O) groups excluding carboxylic acids is 1. The van der Waals surface area contributed by atoms with Crippen LogP contribution < -0.4 is 10.1 Å². The van der Waals surface area contributed by atoms with Crippen LogP contribution in [0.2, 0.25) is 0 Å². The van der Waals surface area contributed by atoms with E-state index >= 15 is 0 Å². The summed E-state index contributed by atoms with van der Waals surface area (Å²) in [5.41, 5.74) is 2.17. The number of pyridine rings is 1. The van der Waals surface area contributed by atoms with E-state index in [0.29, 0.717) is 57.0 Å². The van der Waals surface area contributed by atoms with Gasteiger partial charge in [0.05, 0.1) is 25.9 Å². The molecule has 1 N–H and O–H groups in total. The maximum absolute atomic E-state index is 14.0. The van der Waals surface area contributed by atoms with E-state index in [2.05, 4.69) is 22.4 Å². The second-order valence-corrected chi connectivity index (χ2v) is 12.6. The molecular weight excluding hydrogens is 540 g/mol. The Hall–Kier alpha value is -3.31. The molecule has 1 aliphatic heterocycles. The molecule has 1 saturated carbocycles. The molecule has 0 unspecified atom stereocenters. The van der Waals surface area contributed by atoms with Crippen molar-refractivity contribution in [3.8, 4) is 5.75 Å². The van der Waals surface area contributed by atoms with Gasteiger partial charge in [0, 0.05) is 50.0 Å². The molecule has 2 heterocycles. The van der Waals surface area contributed by atoms with Gasteiger partial charge in [0.2, 0.25) is 0 Å². The summed E-state index contributed by atoms with van der Waals surface area (Å²) >= 11 is 0. The van der Waals surface area contributed by atoms with Crippen LogP contribution in [0, 0.1) is 0 Å². The number of aromatic nitrogens is 1. The lowest BCUT2D eigenvalue weighted by molar-refractivity contribution is 0.0674. The minimum atomic E-state index is -3.72. The number of nitrogens with zero attached hydrogens (tertiary/aromatic N) is 3. The zero-order valence-electron chi connectivity index (χ0n) is 23.4. The maximum Gasteiger partial charge on any atom is 0.282 e. The molecule has 9 nitrogen and oxygen atoms in total. The normalized spacial score (nSPS) is 21.9. The number of hydrogen-bond acceptors (Lipinski definition) is 6. The molecule has 2 fully saturated rings. The monoisotopic (exact) mass is 578 g/mol. The first-order valence-corrected chi connectivity index (χ1v) is 15.5. The Bertz CT molecular complexity index is 1390. The van der Waals surface area contributed by atoms with Gasteiger partial charge in [-0.15, -0.1) is 0 Å². The highest BCUT2D eigenvalue weighted by molar-refractivity contribution is 7.86. The second-order valence-electron chi connectivity index (χ2n) is 10.7. The number of hydrogen-bond donors (Lipinski definition) is 1. The molecule has 0 spiro atoms. The number of nitrogens with one attached hydrogen (secondary N) is 1. The largest absolute Gasteiger partial charge is 0.496 e. The predicted octanol–water partition coefficient (Wildman–Crippen LogP) is 3.78. The molecular formula is C31H38N4O5S. The first-order valence-electron chi connectivity index (χ1n) is 14.1. The van der Waals surface area contributed by atoms with Gasteiger partial charge < -0.3 is 14.8 Å². The van der Waals surface area contributed by atoms with Crippen LogP contribution in [0.1, 0.15) is 47.2 Å². The molecule has 218 valence electrons. The molecule has 2 aromatic carbocycles. The van der Waals surface area contributed by atoms with Crippen molar-refractivity contribution >= 4 is 16.1 Å². The van der Waals surface area contributed by atoms with Gasteiger partial charge in [0.15, 0.2) is 0 Å². The Labute approximate surface area is 242 Å². The zero-order chi connectivity index (χ0) is 28.7. The van der Waals surface area contributed by atoms with Gasteiger partial charge in [-0.05, 0) is 55.0 Å². The molecule has 3 aromatic rings. The van der Waals surface area contributed by atoms with E-state index in [1.54, 1.807) is 40.2 Å². The fourth-order valence-electron chi connectivity index (χ4n) is 5.98. The van der Waals surface area contributed by atoms with Crippen LogP contribution in [0.4, 0.5) is 0 Å². The number of para-hydroxylation sites is 1. The van der Waals surface area contributed by atoms with Crippen LogP contribution in [-0.4, -0.2) is 73.9 Å². The third-order valence-electron chi connectivity index (χ3n) is 8.30. The molecule has 5 rings (SSSR count). The van der Waals surface area contributed by atoms with E-state index in [-0.39, 0.29) is 23.9 Å². The average Bonchev–Trinajstić information content (AvgIpc) is 3.04. The van der Waals surface area contributed by atoms with Crippen molar-refractivity contribution in [1.82, 2.24) is 18.9 Å². The van der Waals surface area contributed by atoms with Crippen LogP contribution >= 0.6 is 0 Å². The summed E-state index contributed by atoms with van der Waals surface area (Å²) in [7, 11) is -2.16. The summed E-state index contributed by atoms with van der Waals surface area (Å²) in [6.07, 6.45) is 6.23. The Morgan fingerprint density at radius 3 is 2.44 bits per heavy atom. The SMILES string of the molecule is COc1ccccc1C(=O)NCC1(c2ccccc2)CCC(N(Cc2cccnc2)S(=O)(=O)N2CCOCC2)CC1. The van der Waals surface area contributed by atoms with Gasteiger partial charge in [0.1, 0.15) is 5.75 Å². The number of benzene rings is 2. The van der Waals surface area contributed by atoms with E-state index in [1.165, 1.54) is 0 Å². The topological polar surface area (TPSA) is 101 Å². The number of rotatable bonds is 10. The van der Waals surface area contributed by atoms with Gasteiger partial charge in [0.25, 0.3) is 16.1 Å². The number of morpholine rings is 1. The molecule has 10 heteroatoms. The number of amides is 1. The third-order valence-corrected chi connectivity index (χ3v) is 10.3. The van der Waals surface area contributed by atoms with Gasteiger partial charge in [-0.3, -0.25) is 9.78 Å². The van der Waals surface area contributed by atoms with Crippen molar-refractivity contribution in [3.63, 3.8) is 0 Å². The van der Waals surface area contributed by atoms with Crippen molar-refractivity contribution in [2.75, 3.05) is 40.0 Å². The Morgan fingerprint density at radius 1 is 1.05 bits per heavy atom. The lowest BCUT2D eigenvalue weighted by Crippen LogP contribution is -2.54. The van der Waals surface area contributed by atoms with Crippen molar-refractivity contribution in [2.24, 2.45) is 0 Å². The van der Waals surface area contributed by atoms with Crippen LogP contribution in [0.25, 0.3) is 0 Å². The molecule has 0 radical (unpaired) electrons. The Morgan fingerprint density at radius 2 is 1.76 bits per heavy atom. The first-order chi connectivity index (χ1) is 19.9. The fourth-order valence-corrected chi connectivity index (χ4v) is 7.78. The summed E-state index contributed by atoms with van der Waals surface area (Å²) in [4.78, 5) is 17.4. The molecule has 1 saturated heterocycles. The standard InChI is InChI=1S/C31H38N4O5S/c1-39-29-12-6-5-11-28(29)30(36)33-24-31(26-9-3-2-4-10-26)15-13-27(14-16-31)35(23-25-8-7-17-32-22-25)41(37,38)34-18-20-40-21-19-34/h2-12,17,22,27H,13-16,18-21,23-24H2,1H3,(H,33,36). The molecule has 1 amide bonds. The van der Waals surface area contributed by atoms with E-state index < -0.39 is 10.2 Å². The van der Waals surface area contributed by atoms with E-state index in [9.17, 15) is 13.2 Å². The van der Waals surface area contributed by atoms with Gasteiger partial charge >= 0.3 is 0 Å². The smallest absolute Gasteiger partial charge is 0.282 e. The van der Waals surface area contributed by atoms with Crippen molar-refractivity contribution in [3.05, 3.63) is 95.8 Å². The lowest BCUT2D eigenvalue weighted by atomic mass is 9.68. The summed E-state index contributed by atoms with van der Waals surface area (Å²) < 4.78 is 42.0. The molecule has 1 aliphatic carbocycles. The Kier molecular flexibility index (Phi) is 9.34. The maximum atomic E-state index is 14.0. The molecule has 0 bridgehead atoms. The summed E-state index contributed by atoms with van der Waals surface area (Å²) in [5.74, 6) is 0.342. The van der Waals surface area contributed by atoms with Crippen molar-refractivity contribution in [1.29, 1.82) is 0 Å². The molecule has 1 aromatic heterocycles. The number of carbonyl (C=O) groups is 1. The highest BCUT2D eigenvalue weighted by atomic mass is 32.2. The average molecular weight is 579 g/mol. The van der Waals surface area contributed by atoms with Crippen LogP contribution in [0.5, 0.6) is 5.75 Å². The zero-order valence-corrected chi connectivity index (χ0v) is 24.3. The van der Waals surface area contributed by atoms with Crippen LogP contribution in [0.15, 0.2) is 79.1 Å². The quantitative estimate of drug-likeness (QED) is 0.393. The molecule has 2 aliphatic rings. The fraction of sp³-hybridized carbons (Fsp3) is 0.419. The van der Waals surface area contributed by atoms with Crippen LogP contribution in [0.3, 0.4) is 0 Å². The van der Waals surface area contributed by atoms with Gasteiger partial charge in [-0.2, -0.15) is 17.0 Å². The highest BCUT2D eigenvalue weighted by Crippen LogP contribution is 2.41. The van der Waals surface area contributed by atoms with Crippen LogP contribution in [-0.2, 0) is 26.9 Å². The molecule has 41 heavy (non-hydrogen) atoms. The second kappa shape index (κ2) is 13.1. The number of methoxy groups -OCH3 is 1. The highest BCUT2D eigenvalue weighted by Gasteiger charge is 2.43. The summed E-state index contributed by atoms with van der Waals surface area (Å²) in [6, 6.07) is 21.0. The summed E-state index contributed by atoms with van der Waals surface area (Å²) in [6.45, 7) is 2.20. The minimum Gasteiger partial charge on any atom is -0.496 e. The van der Waals surface area contributed by atoms with Crippen molar-refractivity contribution in [2.45, 2.75) is 43.7 Å². The van der Waals surface area contributed by atoms with E-state index in [0.717, 1.165) is 24.0 Å². The molecule has 0 atom stereocenters.